The number of halogens is 1. The third kappa shape index (κ3) is 2.95. The average Bonchev–Trinajstić information content (AvgIpc) is 3.20. The van der Waals surface area contributed by atoms with Crippen molar-refractivity contribution in [3.63, 3.8) is 0 Å². The minimum atomic E-state index is -1.01. The zero-order valence-electron chi connectivity index (χ0n) is 14.1. The molecule has 0 spiro atoms. The fourth-order valence-electron chi connectivity index (χ4n) is 2.95. The summed E-state index contributed by atoms with van der Waals surface area (Å²) in [4.78, 5) is 16.2. The van der Waals surface area contributed by atoms with Crippen molar-refractivity contribution in [3.05, 3.63) is 48.3 Å². The number of hydrogen-bond donors (Lipinski definition) is 2. The summed E-state index contributed by atoms with van der Waals surface area (Å²) in [6.07, 6.45) is 3.04. The first-order valence-corrected chi connectivity index (χ1v) is 8.27. The van der Waals surface area contributed by atoms with Gasteiger partial charge in [0.15, 0.2) is 5.82 Å². The molecule has 25 heavy (non-hydrogen) atoms. The van der Waals surface area contributed by atoms with Crippen LogP contribution in [0.5, 0.6) is 0 Å². The van der Waals surface area contributed by atoms with E-state index in [4.69, 9.17) is 0 Å². The van der Waals surface area contributed by atoms with Crippen molar-refractivity contribution in [2.45, 2.75) is 19.5 Å². The molecular weight excluding hydrogens is 319 g/mol. The van der Waals surface area contributed by atoms with Gasteiger partial charge in [-0.25, -0.2) is 9.37 Å². The van der Waals surface area contributed by atoms with E-state index < -0.39 is 12.1 Å². The monoisotopic (exact) mass is 338 g/mol. The Labute approximate surface area is 144 Å². The van der Waals surface area contributed by atoms with Crippen LogP contribution >= 0.6 is 0 Å². The van der Waals surface area contributed by atoms with Crippen molar-refractivity contribution >= 4 is 23.1 Å². The normalized spacial score (nSPS) is 19.0. The molecule has 0 saturated heterocycles. The predicted octanol–water partition coefficient (Wildman–Crippen LogP) is 3.65. The average molecular weight is 338 g/mol. The number of fused-ring (bicyclic) bond motifs is 1. The zero-order chi connectivity index (χ0) is 17.6. The van der Waals surface area contributed by atoms with E-state index in [9.17, 15) is 9.18 Å². The fraction of sp³-hybridized carbons (Fsp3) is 0.263. The zero-order valence-corrected chi connectivity index (χ0v) is 14.1. The van der Waals surface area contributed by atoms with Crippen LogP contribution in [0.3, 0.4) is 0 Å². The number of aromatic nitrogens is 2. The molecule has 1 aromatic carbocycles. The van der Waals surface area contributed by atoms with E-state index in [0.717, 1.165) is 22.5 Å². The topological polar surface area (TPSA) is 58.4 Å². The number of rotatable bonds is 4. The molecule has 2 heterocycles. The molecule has 1 saturated carbocycles. The highest BCUT2D eigenvalue weighted by Crippen LogP contribution is 2.34. The van der Waals surface area contributed by atoms with Crippen LogP contribution in [0, 0.1) is 12.8 Å². The first kappa shape index (κ1) is 15.6. The Morgan fingerprint density at radius 1 is 1.28 bits per heavy atom. The molecule has 1 aliphatic carbocycles. The Balaban J connectivity index is 1.65. The summed E-state index contributed by atoms with van der Waals surface area (Å²) in [5.41, 5.74) is 5.14. The summed E-state index contributed by atoms with van der Waals surface area (Å²) in [6, 6.07) is 10.1. The van der Waals surface area contributed by atoms with Gasteiger partial charge in [0, 0.05) is 18.9 Å². The van der Waals surface area contributed by atoms with E-state index in [1.54, 1.807) is 6.20 Å². The second-order valence-corrected chi connectivity index (χ2v) is 6.44. The molecule has 2 unspecified atom stereocenters. The Bertz CT molecular complexity index is 965. The number of pyridine rings is 1. The standard InChI is InChI=1S/C19H19FN4O/c1-11-3-5-13(21-2)7-14(11)12-4-6-18-22-17(10-24(18)9-12)23-19(25)15-8-16(15)20/h3-7,9-10,15-16,21H,8H2,1-2H3,(H,23,25). The summed E-state index contributed by atoms with van der Waals surface area (Å²) in [7, 11) is 1.89. The maximum Gasteiger partial charge on any atom is 0.231 e. The third-order valence-electron chi connectivity index (χ3n) is 4.59. The van der Waals surface area contributed by atoms with Crippen LogP contribution in [0.4, 0.5) is 15.9 Å². The van der Waals surface area contributed by atoms with Crippen molar-refractivity contribution < 1.29 is 9.18 Å². The second-order valence-electron chi connectivity index (χ2n) is 6.44. The Morgan fingerprint density at radius 2 is 2.08 bits per heavy atom. The number of carbonyl (C=O) groups excluding carboxylic acids is 1. The van der Waals surface area contributed by atoms with Gasteiger partial charge >= 0.3 is 0 Å². The van der Waals surface area contributed by atoms with Gasteiger partial charge in [0.2, 0.25) is 5.91 Å². The van der Waals surface area contributed by atoms with E-state index >= 15 is 0 Å². The van der Waals surface area contributed by atoms with Gasteiger partial charge in [-0.3, -0.25) is 4.79 Å². The minimum Gasteiger partial charge on any atom is -0.388 e. The number of alkyl halides is 1. The van der Waals surface area contributed by atoms with Crippen LogP contribution in [0.1, 0.15) is 12.0 Å². The largest absolute Gasteiger partial charge is 0.388 e. The van der Waals surface area contributed by atoms with Crippen molar-refractivity contribution in [1.82, 2.24) is 9.38 Å². The van der Waals surface area contributed by atoms with E-state index in [-0.39, 0.29) is 5.91 Å². The van der Waals surface area contributed by atoms with Crippen LogP contribution in [0.15, 0.2) is 42.7 Å². The summed E-state index contributed by atoms with van der Waals surface area (Å²) in [6.45, 7) is 2.07. The SMILES string of the molecule is CNc1ccc(C)c(-c2ccc3nc(NC(=O)C4CC4F)cn3c2)c1. The van der Waals surface area contributed by atoms with Gasteiger partial charge in [-0.05, 0) is 54.3 Å². The van der Waals surface area contributed by atoms with Crippen molar-refractivity contribution in [1.29, 1.82) is 0 Å². The van der Waals surface area contributed by atoms with Gasteiger partial charge in [-0.2, -0.15) is 0 Å². The van der Waals surface area contributed by atoms with Crippen LogP contribution < -0.4 is 10.6 Å². The highest BCUT2D eigenvalue weighted by atomic mass is 19.1. The summed E-state index contributed by atoms with van der Waals surface area (Å²) < 4.78 is 14.9. The Hall–Kier alpha value is -2.89. The third-order valence-corrected chi connectivity index (χ3v) is 4.59. The number of nitrogens with one attached hydrogen (secondary N) is 2. The summed E-state index contributed by atoms with van der Waals surface area (Å²) in [5, 5.41) is 5.84. The molecule has 3 aromatic rings. The molecule has 0 radical (unpaired) electrons. The van der Waals surface area contributed by atoms with Crippen LogP contribution in [-0.4, -0.2) is 28.5 Å². The van der Waals surface area contributed by atoms with Gasteiger partial charge in [0.1, 0.15) is 11.8 Å². The van der Waals surface area contributed by atoms with Crippen LogP contribution in [-0.2, 0) is 4.79 Å². The number of imidazole rings is 1. The van der Waals surface area contributed by atoms with Gasteiger partial charge in [0.05, 0.1) is 12.1 Å². The van der Waals surface area contributed by atoms with E-state index in [1.165, 1.54) is 5.56 Å². The lowest BCUT2D eigenvalue weighted by atomic mass is 10.0. The minimum absolute atomic E-state index is 0.298. The first-order valence-electron chi connectivity index (χ1n) is 8.27. The molecule has 0 aliphatic heterocycles. The number of benzene rings is 1. The Morgan fingerprint density at radius 3 is 2.80 bits per heavy atom. The van der Waals surface area contributed by atoms with Crippen LogP contribution in [0.25, 0.3) is 16.8 Å². The van der Waals surface area contributed by atoms with E-state index in [2.05, 4.69) is 34.7 Å². The molecule has 4 rings (SSSR count). The number of amides is 1. The number of anilines is 2. The number of hydrogen-bond acceptors (Lipinski definition) is 3. The summed E-state index contributed by atoms with van der Waals surface area (Å²) >= 11 is 0. The molecule has 2 aromatic heterocycles. The van der Waals surface area contributed by atoms with Crippen molar-refractivity contribution in [2.75, 3.05) is 17.7 Å². The maximum absolute atomic E-state index is 13.0. The lowest BCUT2D eigenvalue weighted by Gasteiger charge is -2.09. The molecule has 1 amide bonds. The maximum atomic E-state index is 13.0. The lowest BCUT2D eigenvalue weighted by molar-refractivity contribution is -0.117. The molecule has 1 fully saturated rings. The highest BCUT2D eigenvalue weighted by molar-refractivity contribution is 5.94. The summed E-state index contributed by atoms with van der Waals surface area (Å²) in [5.74, 6) is -0.372. The van der Waals surface area contributed by atoms with Gasteiger partial charge in [0.25, 0.3) is 0 Å². The van der Waals surface area contributed by atoms with Crippen LogP contribution in [0.2, 0.25) is 0 Å². The highest BCUT2D eigenvalue weighted by Gasteiger charge is 2.43. The molecular formula is C19H19FN4O. The fourth-order valence-corrected chi connectivity index (χ4v) is 2.95. The molecule has 2 N–H and O–H groups in total. The molecule has 1 aliphatic rings. The molecule has 2 atom stereocenters. The van der Waals surface area contributed by atoms with Gasteiger partial charge in [-0.15, -0.1) is 0 Å². The molecule has 0 bridgehead atoms. The van der Waals surface area contributed by atoms with Gasteiger partial charge in [-0.1, -0.05) is 6.07 Å². The van der Waals surface area contributed by atoms with E-state index in [0.29, 0.717) is 12.2 Å². The number of nitrogens with zero attached hydrogens (tertiary/aromatic N) is 2. The second kappa shape index (κ2) is 5.88. The number of carbonyl (C=O) groups is 1. The van der Waals surface area contributed by atoms with Gasteiger partial charge < -0.3 is 15.0 Å². The van der Waals surface area contributed by atoms with Crippen molar-refractivity contribution in [3.8, 4) is 11.1 Å². The molecule has 5 nitrogen and oxygen atoms in total. The first-order chi connectivity index (χ1) is 12.0. The number of aryl methyl sites for hydroxylation is 1. The molecule has 128 valence electrons. The predicted molar refractivity (Wildman–Crippen MR) is 96.5 cm³/mol. The smallest absolute Gasteiger partial charge is 0.231 e. The van der Waals surface area contributed by atoms with Crippen molar-refractivity contribution in [2.24, 2.45) is 5.92 Å². The van der Waals surface area contributed by atoms with E-state index in [1.807, 2.05) is 35.8 Å². The lowest BCUT2D eigenvalue weighted by Crippen LogP contribution is -2.15. The molecule has 6 heteroatoms. The quantitative estimate of drug-likeness (QED) is 0.763. The Kier molecular flexibility index (Phi) is 3.67.